The van der Waals surface area contributed by atoms with Crippen LogP contribution >= 0.6 is 12.2 Å². The highest BCUT2D eigenvalue weighted by Crippen LogP contribution is 2.20. The molecule has 8 nitrogen and oxygen atoms in total. The minimum Gasteiger partial charge on any atom is -0.465 e. The number of furan rings is 1. The zero-order chi connectivity index (χ0) is 20.9. The number of nitrogens with zero attached hydrogens (tertiary/aromatic N) is 2. The first-order valence-electron chi connectivity index (χ1n) is 8.95. The molecule has 0 bridgehead atoms. The summed E-state index contributed by atoms with van der Waals surface area (Å²) >= 11 is 5.16. The van der Waals surface area contributed by atoms with Gasteiger partial charge in [0.15, 0.2) is 5.11 Å². The van der Waals surface area contributed by atoms with Gasteiger partial charge in [0.2, 0.25) is 15.9 Å². The van der Waals surface area contributed by atoms with E-state index in [1.54, 1.807) is 18.2 Å². The van der Waals surface area contributed by atoms with E-state index in [2.05, 4.69) is 15.5 Å². The monoisotopic (exact) mass is 434 g/mol. The average molecular weight is 435 g/mol. The molecule has 2 N–H and O–H groups in total. The van der Waals surface area contributed by atoms with Gasteiger partial charge < -0.3 is 14.6 Å². The van der Waals surface area contributed by atoms with Crippen molar-refractivity contribution in [2.45, 2.75) is 0 Å². The van der Waals surface area contributed by atoms with Crippen LogP contribution in [0.15, 0.2) is 53.2 Å². The summed E-state index contributed by atoms with van der Waals surface area (Å²) in [6.07, 6.45) is 5.65. The van der Waals surface area contributed by atoms with Gasteiger partial charge >= 0.3 is 0 Å². The minimum atomic E-state index is -3.14. The fourth-order valence-electron chi connectivity index (χ4n) is 2.89. The van der Waals surface area contributed by atoms with Crippen molar-refractivity contribution in [2.24, 2.45) is 0 Å². The Morgan fingerprint density at radius 3 is 2.41 bits per heavy atom. The average Bonchev–Trinajstić information content (AvgIpc) is 3.20. The van der Waals surface area contributed by atoms with Crippen LogP contribution in [0.3, 0.4) is 0 Å². The second-order valence-electron chi connectivity index (χ2n) is 6.49. The van der Waals surface area contributed by atoms with Gasteiger partial charge in [-0.1, -0.05) is 0 Å². The fraction of sp³-hybridized carbons (Fsp3) is 0.263. The van der Waals surface area contributed by atoms with Crippen LogP contribution in [0.2, 0.25) is 0 Å². The Morgan fingerprint density at radius 2 is 1.83 bits per heavy atom. The van der Waals surface area contributed by atoms with Crippen LogP contribution in [0.1, 0.15) is 5.76 Å². The Hall–Kier alpha value is -2.69. The number of nitrogens with one attached hydrogen (secondary N) is 2. The van der Waals surface area contributed by atoms with Crippen molar-refractivity contribution in [3.05, 3.63) is 54.5 Å². The molecule has 0 radical (unpaired) electrons. The van der Waals surface area contributed by atoms with Gasteiger partial charge in [0.25, 0.3) is 0 Å². The summed E-state index contributed by atoms with van der Waals surface area (Å²) in [6.45, 7) is 2.22. The highest BCUT2D eigenvalue weighted by Gasteiger charge is 2.23. The lowest BCUT2D eigenvalue weighted by atomic mass is 10.2. The van der Waals surface area contributed by atoms with E-state index < -0.39 is 10.0 Å². The molecule has 0 aliphatic carbocycles. The largest absolute Gasteiger partial charge is 0.465 e. The lowest BCUT2D eigenvalue weighted by molar-refractivity contribution is -0.115. The molecule has 154 valence electrons. The quantitative estimate of drug-likeness (QED) is 0.548. The molecule has 0 unspecified atom stereocenters. The molecule has 0 spiro atoms. The number of carbonyl (C=O) groups is 1. The van der Waals surface area contributed by atoms with E-state index in [0.29, 0.717) is 31.9 Å². The summed E-state index contributed by atoms with van der Waals surface area (Å²) in [5.74, 6) is 0.214. The van der Waals surface area contributed by atoms with Crippen LogP contribution in [0, 0.1) is 0 Å². The number of hydrogen-bond acceptors (Lipinski definition) is 6. The van der Waals surface area contributed by atoms with Gasteiger partial charge in [0.1, 0.15) is 5.76 Å². The summed E-state index contributed by atoms with van der Waals surface area (Å²) in [5, 5.41) is 5.72. The van der Waals surface area contributed by atoms with E-state index in [-0.39, 0.29) is 11.0 Å². The van der Waals surface area contributed by atoms with Gasteiger partial charge in [-0.05, 0) is 54.7 Å². The van der Waals surface area contributed by atoms with Crippen LogP contribution in [0.25, 0.3) is 6.08 Å². The number of benzene rings is 1. The molecule has 1 aromatic carbocycles. The summed E-state index contributed by atoms with van der Waals surface area (Å²) in [6, 6.07) is 11.0. The molecule has 10 heteroatoms. The van der Waals surface area contributed by atoms with E-state index in [1.165, 1.54) is 22.9 Å². The summed E-state index contributed by atoms with van der Waals surface area (Å²) in [4.78, 5) is 14.0. The lowest BCUT2D eigenvalue weighted by Gasteiger charge is -2.34. The minimum absolute atomic E-state index is 0.189. The fourth-order valence-corrected chi connectivity index (χ4v) is 3.94. The molecule has 0 atom stereocenters. The van der Waals surface area contributed by atoms with E-state index >= 15 is 0 Å². The maximum atomic E-state index is 11.9. The summed E-state index contributed by atoms with van der Waals surface area (Å²) < 4.78 is 29.8. The van der Waals surface area contributed by atoms with Crippen molar-refractivity contribution >= 4 is 50.7 Å². The smallest absolute Gasteiger partial charge is 0.250 e. The van der Waals surface area contributed by atoms with Crippen molar-refractivity contribution in [1.29, 1.82) is 0 Å². The number of thiocarbonyl (C=S) groups is 1. The Labute approximate surface area is 175 Å². The van der Waals surface area contributed by atoms with E-state index in [1.807, 2.05) is 24.3 Å². The molecule has 29 heavy (non-hydrogen) atoms. The molecule has 1 aliphatic rings. The third-order valence-electron chi connectivity index (χ3n) is 4.38. The summed E-state index contributed by atoms with van der Waals surface area (Å²) in [5.41, 5.74) is 1.74. The van der Waals surface area contributed by atoms with Crippen LogP contribution in [0.5, 0.6) is 0 Å². The molecule has 0 saturated carbocycles. The Kier molecular flexibility index (Phi) is 6.68. The maximum Gasteiger partial charge on any atom is 0.250 e. The molecule has 1 saturated heterocycles. The van der Waals surface area contributed by atoms with Crippen molar-refractivity contribution in [3.8, 4) is 0 Å². The van der Waals surface area contributed by atoms with Gasteiger partial charge in [0, 0.05) is 43.6 Å². The highest BCUT2D eigenvalue weighted by atomic mass is 32.2. The van der Waals surface area contributed by atoms with Gasteiger partial charge in [-0.15, -0.1) is 0 Å². The second kappa shape index (κ2) is 9.21. The number of rotatable bonds is 5. The van der Waals surface area contributed by atoms with Gasteiger partial charge in [0.05, 0.1) is 12.5 Å². The Morgan fingerprint density at radius 1 is 1.14 bits per heavy atom. The predicted molar refractivity (Wildman–Crippen MR) is 117 cm³/mol. The molecule has 1 aliphatic heterocycles. The second-order valence-corrected chi connectivity index (χ2v) is 8.88. The number of amides is 1. The molecule has 1 aromatic heterocycles. The van der Waals surface area contributed by atoms with E-state index in [0.717, 1.165) is 11.4 Å². The first-order valence-corrected chi connectivity index (χ1v) is 11.2. The number of piperazine rings is 1. The van der Waals surface area contributed by atoms with Gasteiger partial charge in [-0.25, -0.2) is 8.42 Å². The molecular formula is C19H22N4O4S2. The number of hydrogen-bond donors (Lipinski definition) is 2. The molecule has 2 heterocycles. The first-order chi connectivity index (χ1) is 13.8. The normalized spacial score (nSPS) is 15.4. The van der Waals surface area contributed by atoms with Crippen LogP contribution < -0.4 is 15.5 Å². The number of anilines is 2. The maximum absolute atomic E-state index is 11.9. The van der Waals surface area contributed by atoms with Gasteiger partial charge in [-0.3, -0.25) is 10.1 Å². The van der Waals surface area contributed by atoms with Crippen molar-refractivity contribution in [1.82, 2.24) is 9.62 Å². The van der Waals surface area contributed by atoms with Crippen LogP contribution in [0.4, 0.5) is 11.4 Å². The number of carbonyl (C=O) groups excluding carboxylic acids is 1. The van der Waals surface area contributed by atoms with Crippen LogP contribution in [-0.4, -0.2) is 56.2 Å². The molecule has 1 fully saturated rings. The van der Waals surface area contributed by atoms with Crippen molar-refractivity contribution in [3.63, 3.8) is 0 Å². The Balaban J connectivity index is 1.49. The highest BCUT2D eigenvalue weighted by molar-refractivity contribution is 7.88. The molecular weight excluding hydrogens is 412 g/mol. The van der Waals surface area contributed by atoms with Gasteiger partial charge in [-0.2, -0.15) is 4.31 Å². The molecule has 3 rings (SSSR count). The Bertz CT molecular complexity index is 978. The molecule has 1 amide bonds. The lowest BCUT2D eigenvalue weighted by Crippen LogP contribution is -2.48. The summed E-state index contributed by atoms with van der Waals surface area (Å²) in [7, 11) is -3.14. The predicted octanol–water partition coefficient (Wildman–Crippen LogP) is 1.89. The van der Waals surface area contributed by atoms with Crippen molar-refractivity contribution < 1.29 is 17.6 Å². The third kappa shape index (κ3) is 6.14. The van der Waals surface area contributed by atoms with Crippen molar-refractivity contribution in [2.75, 3.05) is 42.7 Å². The van der Waals surface area contributed by atoms with E-state index in [4.69, 9.17) is 16.6 Å². The number of sulfonamides is 1. The third-order valence-corrected chi connectivity index (χ3v) is 5.88. The zero-order valence-electron chi connectivity index (χ0n) is 15.9. The SMILES string of the molecule is CS(=O)(=O)N1CCN(c2ccc(NC(=S)NC(=O)/C=C/c3ccco3)cc2)CC1. The topological polar surface area (TPSA) is 94.9 Å². The molecule has 2 aromatic rings. The van der Waals surface area contributed by atoms with E-state index in [9.17, 15) is 13.2 Å². The zero-order valence-corrected chi connectivity index (χ0v) is 17.5. The first kappa shape index (κ1) is 21.0. The van der Waals surface area contributed by atoms with Crippen LogP contribution in [-0.2, 0) is 14.8 Å². The standard InChI is InChI=1S/C19H22N4O4S2/c1-29(25,26)23-12-10-22(11-13-23)16-6-4-15(5-7-16)20-19(28)21-18(24)9-8-17-3-2-14-27-17/h2-9,14H,10-13H2,1H3,(H2,20,21,24,28)/b9-8+.